The highest BCUT2D eigenvalue weighted by Crippen LogP contribution is 2.48. The maximum atomic E-state index is 6.59. The molecular formula is C44H27N3O. The molecule has 0 fully saturated rings. The number of benzene rings is 6. The molecule has 0 radical (unpaired) electrons. The quantitative estimate of drug-likeness (QED) is 0.198. The third-order valence-corrected chi connectivity index (χ3v) is 9.52. The van der Waals surface area contributed by atoms with Crippen LogP contribution >= 0.6 is 0 Å². The molecule has 0 spiro atoms. The van der Waals surface area contributed by atoms with Crippen LogP contribution < -0.4 is 4.74 Å². The van der Waals surface area contributed by atoms with Crippen molar-refractivity contribution in [3.05, 3.63) is 164 Å². The second-order valence-corrected chi connectivity index (χ2v) is 12.2. The summed E-state index contributed by atoms with van der Waals surface area (Å²) in [4.78, 5) is 9.68. The summed E-state index contributed by atoms with van der Waals surface area (Å²) in [5, 5.41) is 3.51. The molecule has 4 heteroatoms. The topological polar surface area (TPSA) is 39.9 Å². The molecule has 1 aliphatic carbocycles. The third kappa shape index (κ3) is 4.03. The average Bonchev–Trinajstić information content (AvgIpc) is 3.42. The lowest BCUT2D eigenvalue weighted by molar-refractivity contribution is 0.483. The normalized spacial score (nSPS) is 11.8. The van der Waals surface area contributed by atoms with Crippen molar-refractivity contribution >= 4 is 32.7 Å². The van der Waals surface area contributed by atoms with Gasteiger partial charge in [-0.15, -0.1) is 0 Å². The molecule has 0 N–H and O–H groups in total. The molecule has 4 nitrogen and oxygen atoms in total. The first-order valence-corrected chi connectivity index (χ1v) is 16.2. The average molecular weight is 614 g/mol. The maximum Gasteiger partial charge on any atom is 0.137 e. The predicted molar refractivity (Wildman–Crippen MR) is 196 cm³/mol. The van der Waals surface area contributed by atoms with Crippen LogP contribution in [0, 0.1) is 0 Å². The van der Waals surface area contributed by atoms with E-state index in [1.54, 1.807) is 0 Å². The van der Waals surface area contributed by atoms with Gasteiger partial charge in [0, 0.05) is 40.2 Å². The Morgan fingerprint density at radius 1 is 0.417 bits per heavy atom. The number of fused-ring (bicyclic) bond motifs is 8. The Labute approximate surface area is 277 Å². The highest BCUT2D eigenvalue weighted by atomic mass is 16.5. The molecule has 3 heterocycles. The number of hydrogen-bond acceptors (Lipinski definition) is 3. The van der Waals surface area contributed by atoms with Gasteiger partial charge in [-0.2, -0.15) is 0 Å². The highest BCUT2D eigenvalue weighted by molar-refractivity contribution is 6.15. The lowest BCUT2D eigenvalue weighted by Crippen LogP contribution is -1.96. The SMILES string of the molecule is c1ccc(-n2c3ccccc3c3ccc(Oc4cccc(-c5ccc6c7c(ccnc57)-c5ccccc5-c5ccccc5-6)c4)cc32)nc1. The van der Waals surface area contributed by atoms with E-state index in [1.807, 2.05) is 42.7 Å². The fourth-order valence-corrected chi connectivity index (χ4v) is 7.47. The first-order chi connectivity index (χ1) is 23.8. The number of rotatable bonds is 4. The number of ether oxygens (including phenoxy) is 1. The van der Waals surface area contributed by atoms with Crippen molar-refractivity contribution in [2.24, 2.45) is 0 Å². The van der Waals surface area contributed by atoms with Crippen LogP contribution in [0.25, 0.3) is 83.0 Å². The minimum atomic E-state index is 0.763. The Morgan fingerprint density at radius 2 is 1.08 bits per heavy atom. The van der Waals surface area contributed by atoms with E-state index in [0.29, 0.717) is 0 Å². The van der Waals surface area contributed by atoms with Crippen LogP contribution in [-0.4, -0.2) is 14.5 Å². The van der Waals surface area contributed by atoms with E-state index in [1.165, 1.54) is 44.2 Å². The van der Waals surface area contributed by atoms with Crippen molar-refractivity contribution in [2.45, 2.75) is 0 Å². The first kappa shape index (κ1) is 26.7. The van der Waals surface area contributed by atoms with Gasteiger partial charge in [-0.05, 0) is 87.5 Å². The fourth-order valence-electron chi connectivity index (χ4n) is 7.47. The molecule has 10 rings (SSSR count). The van der Waals surface area contributed by atoms with Crippen LogP contribution in [0.4, 0.5) is 0 Å². The van der Waals surface area contributed by atoms with Crippen molar-refractivity contribution in [1.82, 2.24) is 14.5 Å². The molecule has 0 atom stereocenters. The van der Waals surface area contributed by atoms with Crippen molar-refractivity contribution in [2.75, 3.05) is 0 Å². The van der Waals surface area contributed by atoms with E-state index in [0.717, 1.165) is 50.4 Å². The number of hydrogen-bond donors (Lipinski definition) is 0. The van der Waals surface area contributed by atoms with Crippen LogP contribution in [0.1, 0.15) is 0 Å². The Bertz CT molecular complexity index is 2660. The lowest BCUT2D eigenvalue weighted by atomic mass is 9.92. The predicted octanol–water partition coefficient (Wildman–Crippen LogP) is 11.5. The Kier molecular flexibility index (Phi) is 5.84. The van der Waals surface area contributed by atoms with E-state index >= 15 is 0 Å². The molecule has 3 aromatic heterocycles. The van der Waals surface area contributed by atoms with Crippen LogP contribution in [0.15, 0.2) is 164 Å². The standard InChI is InChI=1S/C44H27N3O/c1-3-14-34-32(12-1)33-13-2-4-15-35(33)39-23-25-46-44-31(21-22-38(34)43(39)44)28-10-9-11-29(26-28)48-30-19-20-37-36-16-5-6-17-40(36)47(41(37)27-30)42-18-7-8-24-45-42/h1-27H. The summed E-state index contributed by atoms with van der Waals surface area (Å²) in [5.74, 6) is 2.40. The summed E-state index contributed by atoms with van der Waals surface area (Å²) >= 11 is 0. The van der Waals surface area contributed by atoms with Crippen LogP contribution in [0.3, 0.4) is 0 Å². The molecule has 9 aromatic rings. The van der Waals surface area contributed by atoms with Gasteiger partial charge in [-0.25, -0.2) is 4.98 Å². The third-order valence-electron chi connectivity index (χ3n) is 9.52. The van der Waals surface area contributed by atoms with Gasteiger partial charge in [0.2, 0.25) is 0 Å². The molecule has 0 bridgehead atoms. The van der Waals surface area contributed by atoms with E-state index in [9.17, 15) is 0 Å². The van der Waals surface area contributed by atoms with E-state index < -0.39 is 0 Å². The van der Waals surface area contributed by atoms with Crippen LogP contribution in [-0.2, 0) is 0 Å². The number of nitrogens with zero attached hydrogens (tertiary/aromatic N) is 3. The largest absolute Gasteiger partial charge is 0.457 e. The second-order valence-electron chi connectivity index (χ2n) is 12.2. The summed E-state index contributed by atoms with van der Waals surface area (Å²) in [6, 6.07) is 53.1. The van der Waals surface area contributed by atoms with Gasteiger partial charge in [0.05, 0.1) is 16.6 Å². The molecule has 224 valence electrons. The molecule has 0 amide bonds. The Balaban J connectivity index is 1.10. The van der Waals surface area contributed by atoms with Gasteiger partial charge in [0.1, 0.15) is 17.3 Å². The monoisotopic (exact) mass is 613 g/mol. The van der Waals surface area contributed by atoms with Gasteiger partial charge in [0.15, 0.2) is 0 Å². The zero-order valence-corrected chi connectivity index (χ0v) is 25.8. The first-order valence-electron chi connectivity index (χ1n) is 16.2. The molecule has 6 aromatic carbocycles. The van der Waals surface area contributed by atoms with Gasteiger partial charge >= 0.3 is 0 Å². The zero-order valence-electron chi connectivity index (χ0n) is 25.8. The van der Waals surface area contributed by atoms with Gasteiger partial charge < -0.3 is 4.74 Å². The summed E-state index contributed by atoms with van der Waals surface area (Å²) in [6.45, 7) is 0. The number of aromatic nitrogens is 3. The van der Waals surface area contributed by atoms with Crippen molar-refractivity contribution in [3.8, 4) is 61.8 Å². The van der Waals surface area contributed by atoms with Crippen LogP contribution in [0.2, 0.25) is 0 Å². The maximum absolute atomic E-state index is 6.59. The van der Waals surface area contributed by atoms with Gasteiger partial charge in [-0.1, -0.05) is 97.1 Å². The van der Waals surface area contributed by atoms with E-state index in [2.05, 4.69) is 131 Å². The van der Waals surface area contributed by atoms with Crippen molar-refractivity contribution in [1.29, 1.82) is 0 Å². The number of para-hydroxylation sites is 1. The minimum absolute atomic E-state index is 0.763. The molecule has 0 saturated carbocycles. The summed E-state index contributed by atoms with van der Waals surface area (Å²) in [7, 11) is 0. The lowest BCUT2D eigenvalue weighted by Gasteiger charge is -2.14. The highest BCUT2D eigenvalue weighted by Gasteiger charge is 2.23. The fraction of sp³-hybridized carbons (Fsp3) is 0. The van der Waals surface area contributed by atoms with Crippen molar-refractivity contribution < 1.29 is 4.74 Å². The molecule has 0 saturated heterocycles. The molecule has 48 heavy (non-hydrogen) atoms. The second kappa shape index (κ2) is 10.5. The zero-order chi connectivity index (χ0) is 31.6. The summed E-state index contributed by atoms with van der Waals surface area (Å²) in [5.41, 5.74) is 12.6. The Hall–Kier alpha value is -6.52. The smallest absolute Gasteiger partial charge is 0.137 e. The molecular weight excluding hydrogens is 587 g/mol. The van der Waals surface area contributed by atoms with Crippen LogP contribution in [0.5, 0.6) is 11.5 Å². The molecule has 0 unspecified atom stereocenters. The molecule has 0 aliphatic heterocycles. The minimum Gasteiger partial charge on any atom is -0.457 e. The molecule has 1 aliphatic rings. The summed E-state index contributed by atoms with van der Waals surface area (Å²) in [6.07, 6.45) is 3.77. The van der Waals surface area contributed by atoms with Gasteiger partial charge in [0.25, 0.3) is 0 Å². The Morgan fingerprint density at radius 3 is 1.88 bits per heavy atom. The number of pyridine rings is 2. The van der Waals surface area contributed by atoms with Gasteiger partial charge in [-0.3, -0.25) is 9.55 Å². The van der Waals surface area contributed by atoms with E-state index in [-0.39, 0.29) is 0 Å². The van der Waals surface area contributed by atoms with Crippen molar-refractivity contribution in [3.63, 3.8) is 0 Å². The summed E-state index contributed by atoms with van der Waals surface area (Å²) < 4.78 is 8.79. The van der Waals surface area contributed by atoms with E-state index in [4.69, 9.17) is 9.72 Å².